The molecule has 0 saturated carbocycles. The first-order chi connectivity index (χ1) is 7.72. The summed E-state index contributed by atoms with van der Waals surface area (Å²) in [6, 6.07) is 10.8. The molecule has 88 valence electrons. The van der Waals surface area contributed by atoms with Crippen LogP contribution in [-0.4, -0.2) is 25.5 Å². The summed E-state index contributed by atoms with van der Waals surface area (Å²) in [5.74, 6) is 0.0828. The molecule has 0 aliphatic rings. The summed E-state index contributed by atoms with van der Waals surface area (Å²) in [5, 5.41) is 5.94. The Bertz CT molecular complexity index is 311. The van der Waals surface area contributed by atoms with E-state index in [-0.39, 0.29) is 5.91 Å². The van der Waals surface area contributed by atoms with Gasteiger partial charge in [-0.2, -0.15) is 0 Å². The Kier molecular flexibility index (Phi) is 5.57. The second-order valence-corrected chi connectivity index (χ2v) is 3.97. The molecule has 0 bridgehead atoms. The van der Waals surface area contributed by atoms with Crippen LogP contribution in [0.2, 0.25) is 0 Å². The van der Waals surface area contributed by atoms with Crippen molar-refractivity contribution in [2.45, 2.75) is 25.8 Å². The van der Waals surface area contributed by atoms with Gasteiger partial charge < -0.3 is 10.6 Å². The number of carbonyl (C=O) groups excluding carboxylic acids is 1. The van der Waals surface area contributed by atoms with E-state index in [0.29, 0.717) is 12.5 Å². The summed E-state index contributed by atoms with van der Waals surface area (Å²) in [5.41, 5.74) is 1.32. The number of nitrogens with one attached hydrogen (secondary N) is 2. The van der Waals surface area contributed by atoms with Gasteiger partial charge in [0.2, 0.25) is 5.91 Å². The van der Waals surface area contributed by atoms with Crippen molar-refractivity contribution in [3.8, 4) is 0 Å². The molecule has 0 radical (unpaired) electrons. The lowest BCUT2D eigenvalue weighted by Crippen LogP contribution is -2.32. The van der Waals surface area contributed by atoms with Gasteiger partial charge in [-0.05, 0) is 18.9 Å². The molecule has 2 N–H and O–H groups in total. The molecule has 0 aliphatic carbocycles. The number of benzene rings is 1. The van der Waals surface area contributed by atoms with Crippen LogP contribution in [0.4, 0.5) is 0 Å². The summed E-state index contributed by atoms with van der Waals surface area (Å²) < 4.78 is 0. The molecule has 3 nitrogen and oxygen atoms in total. The molecule has 1 amide bonds. The predicted octanol–water partition coefficient (Wildman–Crippen LogP) is 1.34. The van der Waals surface area contributed by atoms with Crippen LogP contribution >= 0.6 is 0 Å². The average molecular weight is 220 g/mol. The number of carbonyl (C=O) groups is 1. The number of amides is 1. The minimum Gasteiger partial charge on any atom is -0.359 e. The first-order valence-corrected chi connectivity index (χ1v) is 5.70. The smallest absolute Gasteiger partial charge is 0.221 e. The van der Waals surface area contributed by atoms with E-state index in [4.69, 9.17) is 0 Å². The minimum atomic E-state index is 0.0828. The SMILES string of the molecule is CNC(=O)CCNC(C)Cc1ccccc1. The Balaban J connectivity index is 2.21. The topological polar surface area (TPSA) is 41.1 Å². The van der Waals surface area contributed by atoms with Crippen molar-refractivity contribution in [2.75, 3.05) is 13.6 Å². The molecule has 16 heavy (non-hydrogen) atoms. The molecule has 0 spiro atoms. The highest BCUT2D eigenvalue weighted by atomic mass is 16.1. The summed E-state index contributed by atoms with van der Waals surface area (Å²) in [6.07, 6.45) is 1.53. The van der Waals surface area contributed by atoms with Crippen LogP contribution in [0.25, 0.3) is 0 Å². The maximum absolute atomic E-state index is 11.0. The van der Waals surface area contributed by atoms with Gasteiger partial charge in [0.25, 0.3) is 0 Å². The number of hydrogen-bond donors (Lipinski definition) is 2. The molecule has 0 fully saturated rings. The Labute approximate surface area is 97.2 Å². The van der Waals surface area contributed by atoms with Crippen molar-refractivity contribution in [3.63, 3.8) is 0 Å². The van der Waals surface area contributed by atoms with Gasteiger partial charge in [0.05, 0.1) is 0 Å². The van der Waals surface area contributed by atoms with E-state index >= 15 is 0 Å². The van der Waals surface area contributed by atoms with Crippen LogP contribution in [0.3, 0.4) is 0 Å². The molecule has 0 aromatic heterocycles. The van der Waals surface area contributed by atoms with Gasteiger partial charge in [-0.3, -0.25) is 4.79 Å². The molecule has 1 unspecified atom stereocenters. The lowest BCUT2D eigenvalue weighted by Gasteiger charge is -2.13. The van der Waals surface area contributed by atoms with E-state index in [0.717, 1.165) is 13.0 Å². The van der Waals surface area contributed by atoms with Gasteiger partial charge in [0, 0.05) is 26.1 Å². The van der Waals surface area contributed by atoms with Crippen LogP contribution in [0, 0.1) is 0 Å². The highest BCUT2D eigenvalue weighted by molar-refractivity contribution is 5.75. The molecular formula is C13H20N2O. The fourth-order valence-corrected chi connectivity index (χ4v) is 1.60. The molecular weight excluding hydrogens is 200 g/mol. The number of hydrogen-bond acceptors (Lipinski definition) is 2. The Morgan fingerprint density at radius 2 is 2.00 bits per heavy atom. The fourth-order valence-electron chi connectivity index (χ4n) is 1.60. The molecule has 1 aromatic carbocycles. The first kappa shape index (κ1) is 12.7. The summed E-state index contributed by atoms with van der Waals surface area (Å²) in [6.45, 7) is 2.87. The van der Waals surface area contributed by atoms with Crippen molar-refractivity contribution in [2.24, 2.45) is 0 Å². The van der Waals surface area contributed by atoms with Crippen LogP contribution in [0.1, 0.15) is 18.9 Å². The van der Waals surface area contributed by atoms with Gasteiger partial charge in [0.15, 0.2) is 0 Å². The monoisotopic (exact) mass is 220 g/mol. The van der Waals surface area contributed by atoms with Crippen LogP contribution in [-0.2, 0) is 11.2 Å². The Hall–Kier alpha value is -1.35. The van der Waals surface area contributed by atoms with Gasteiger partial charge >= 0.3 is 0 Å². The Morgan fingerprint density at radius 3 is 2.62 bits per heavy atom. The second kappa shape index (κ2) is 7.01. The first-order valence-electron chi connectivity index (χ1n) is 5.70. The van der Waals surface area contributed by atoms with Crippen LogP contribution in [0.5, 0.6) is 0 Å². The third kappa shape index (κ3) is 4.94. The molecule has 0 heterocycles. The molecule has 0 saturated heterocycles. The normalized spacial score (nSPS) is 12.1. The third-order valence-electron chi connectivity index (χ3n) is 2.51. The van der Waals surface area contributed by atoms with E-state index < -0.39 is 0 Å². The number of rotatable bonds is 6. The minimum absolute atomic E-state index is 0.0828. The molecule has 1 atom stereocenters. The van der Waals surface area contributed by atoms with Crippen molar-refractivity contribution < 1.29 is 4.79 Å². The van der Waals surface area contributed by atoms with Gasteiger partial charge in [-0.25, -0.2) is 0 Å². The van der Waals surface area contributed by atoms with E-state index in [2.05, 4.69) is 29.7 Å². The van der Waals surface area contributed by atoms with Crippen molar-refractivity contribution >= 4 is 5.91 Å². The molecule has 1 aromatic rings. The maximum Gasteiger partial charge on any atom is 0.221 e. The predicted molar refractivity (Wildman–Crippen MR) is 66.3 cm³/mol. The Morgan fingerprint density at radius 1 is 1.31 bits per heavy atom. The average Bonchev–Trinajstić information content (AvgIpc) is 2.30. The second-order valence-electron chi connectivity index (χ2n) is 3.97. The maximum atomic E-state index is 11.0. The van der Waals surface area contributed by atoms with E-state index in [9.17, 15) is 4.79 Å². The largest absolute Gasteiger partial charge is 0.359 e. The highest BCUT2D eigenvalue weighted by Gasteiger charge is 2.03. The van der Waals surface area contributed by atoms with Crippen LogP contribution < -0.4 is 10.6 Å². The van der Waals surface area contributed by atoms with Crippen molar-refractivity contribution in [1.29, 1.82) is 0 Å². The molecule has 3 heteroatoms. The van der Waals surface area contributed by atoms with Gasteiger partial charge in [-0.1, -0.05) is 30.3 Å². The van der Waals surface area contributed by atoms with Crippen LogP contribution in [0.15, 0.2) is 30.3 Å². The summed E-state index contributed by atoms with van der Waals surface area (Å²) >= 11 is 0. The lowest BCUT2D eigenvalue weighted by molar-refractivity contribution is -0.120. The van der Waals surface area contributed by atoms with Crippen molar-refractivity contribution in [3.05, 3.63) is 35.9 Å². The summed E-state index contributed by atoms with van der Waals surface area (Å²) in [7, 11) is 1.66. The van der Waals surface area contributed by atoms with Gasteiger partial charge in [-0.15, -0.1) is 0 Å². The zero-order valence-electron chi connectivity index (χ0n) is 9.99. The van der Waals surface area contributed by atoms with E-state index in [1.807, 2.05) is 18.2 Å². The zero-order valence-corrected chi connectivity index (χ0v) is 9.99. The van der Waals surface area contributed by atoms with E-state index in [1.165, 1.54) is 5.56 Å². The van der Waals surface area contributed by atoms with E-state index in [1.54, 1.807) is 7.05 Å². The zero-order chi connectivity index (χ0) is 11.8. The fraction of sp³-hybridized carbons (Fsp3) is 0.462. The van der Waals surface area contributed by atoms with Gasteiger partial charge in [0.1, 0.15) is 0 Å². The quantitative estimate of drug-likeness (QED) is 0.759. The molecule has 1 rings (SSSR count). The van der Waals surface area contributed by atoms with Crippen molar-refractivity contribution in [1.82, 2.24) is 10.6 Å². The third-order valence-corrected chi connectivity index (χ3v) is 2.51. The lowest BCUT2D eigenvalue weighted by atomic mass is 10.1. The summed E-state index contributed by atoms with van der Waals surface area (Å²) in [4.78, 5) is 11.0. The highest BCUT2D eigenvalue weighted by Crippen LogP contribution is 2.02. The molecule has 0 aliphatic heterocycles. The standard InChI is InChI=1S/C13H20N2O/c1-11(15-9-8-13(16)14-2)10-12-6-4-3-5-7-12/h3-7,11,15H,8-10H2,1-2H3,(H,14,16).